The number of likely N-dealkylation sites (N-methyl/N-ethyl adjacent to an activating group) is 1. The van der Waals surface area contributed by atoms with E-state index >= 15 is 0 Å². The third-order valence-corrected chi connectivity index (χ3v) is 4.82. The van der Waals surface area contributed by atoms with Crippen LogP contribution in [0.15, 0.2) is 46.9 Å². The second-order valence-corrected chi connectivity index (χ2v) is 7.91. The van der Waals surface area contributed by atoms with Gasteiger partial charge in [0.15, 0.2) is 0 Å². The lowest BCUT2D eigenvalue weighted by atomic mass is 10.0. The molecular weight excluding hydrogens is 411 g/mol. The molecule has 6 heteroatoms. The van der Waals surface area contributed by atoms with Crippen molar-refractivity contribution in [2.24, 2.45) is 5.92 Å². The predicted octanol–water partition coefficient (Wildman–Crippen LogP) is 4.31. The van der Waals surface area contributed by atoms with Crippen LogP contribution in [0.3, 0.4) is 0 Å². The van der Waals surface area contributed by atoms with E-state index in [1.54, 1.807) is 31.3 Å². The molecule has 2 aromatic carbocycles. The average molecular weight is 435 g/mol. The molecule has 0 aliphatic heterocycles. The minimum Gasteiger partial charge on any atom is -0.340 e. The summed E-state index contributed by atoms with van der Waals surface area (Å²) in [6, 6.07) is 11.1. The SMILES string of the molecule is Cc1ccc(C(=O)NC(C(=O)N(C)Cc2cc(Br)ccc2F)C(C)C)cc1. The Hall–Kier alpha value is -2.21. The van der Waals surface area contributed by atoms with Gasteiger partial charge in [0.1, 0.15) is 11.9 Å². The molecule has 0 saturated carbocycles. The highest BCUT2D eigenvalue weighted by molar-refractivity contribution is 9.10. The Morgan fingerprint density at radius 1 is 1.15 bits per heavy atom. The summed E-state index contributed by atoms with van der Waals surface area (Å²) in [6.07, 6.45) is 0. The van der Waals surface area contributed by atoms with Crippen molar-refractivity contribution in [1.82, 2.24) is 10.2 Å². The molecule has 1 atom stereocenters. The van der Waals surface area contributed by atoms with Crippen LogP contribution in [0.5, 0.6) is 0 Å². The predicted molar refractivity (Wildman–Crippen MR) is 108 cm³/mol. The maximum atomic E-state index is 14.0. The van der Waals surface area contributed by atoms with Crippen molar-refractivity contribution in [3.8, 4) is 0 Å². The normalized spacial score (nSPS) is 12.0. The number of nitrogens with zero attached hydrogens (tertiary/aromatic N) is 1. The van der Waals surface area contributed by atoms with E-state index in [-0.39, 0.29) is 30.1 Å². The molecule has 2 amide bonds. The van der Waals surface area contributed by atoms with E-state index in [0.717, 1.165) is 10.0 Å². The fourth-order valence-corrected chi connectivity index (χ4v) is 3.09. The highest BCUT2D eigenvalue weighted by Crippen LogP contribution is 2.18. The van der Waals surface area contributed by atoms with Gasteiger partial charge in [-0.2, -0.15) is 0 Å². The van der Waals surface area contributed by atoms with Crippen molar-refractivity contribution in [1.29, 1.82) is 0 Å². The van der Waals surface area contributed by atoms with Crippen LogP contribution in [-0.2, 0) is 11.3 Å². The quantitative estimate of drug-likeness (QED) is 0.735. The van der Waals surface area contributed by atoms with Gasteiger partial charge in [-0.1, -0.05) is 47.5 Å². The van der Waals surface area contributed by atoms with Crippen LogP contribution in [0.1, 0.15) is 35.3 Å². The van der Waals surface area contributed by atoms with Crippen LogP contribution < -0.4 is 5.32 Å². The lowest BCUT2D eigenvalue weighted by Crippen LogP contribution is -2.50. The average Bonchev–Trinajstić information content (AvgIpc) is 2.62. The van der Waals surface area contributed by atoms with Crippen molar-refractivity contribution < 1.29 is 14.0 Å². The van der Waals surface area contributed by atoms with Crippen molar-refractivity contribution in [2.75, 3.05) is 7.05 Å². The molecule has 4 nitrogen and oxygen atoms in total. The summed E-state index contributed by atoms with van der Waals surface area (Å²) in [5.41, 5.74) is 1.96. The first-order valence-electron chi connectivity index (χ1n) is 8.75. The van der Waals surface area contributed by atoms with Gasteiger partial charge >= 0.3 is 0 Å². The summed E-state index contributed by atoms with van der Waals surface area (Å²) in [5, 5.41) is 2.81. The van der Waals surface area contributed by atoms with Gasteiger partial charge in [0.25, 0.3) is 5.91 Å². The first kappa shape index (κ1) is 21.1. The minimum absolute atomic E-state index is 0.110. The molecule has 2 aromatic rings. The number of aryl methyl sites for hydroxylation is 1. The largest absolute Gasteiger partial charge is 0.340 e. The van der Waals surface area contributed by atoms with Crippen LogP contribution in [0.25, 0.3) is 0 Å². The highest BCUT2D eigenvalue weighted by Gasteiger charge is 2.27. The lowest BCUT2D eigenvalue weighted by Gasteiger charge is -2.27. The molecule has 0 saturated heterocycles. The Labute approximate surface area is 167 Å². The third kappa shape index (κ3) is 5.63. The van der Waals surface area contributed by atoms with E-state index in [1.807, 2.05) is 32.9 Å². The second-order valence-electron chi connectivity index (χ2n) is 6.99. The van der Waals surface area contributed by atoms with Crippen molar-refractivity contribution in [3.63, 3.8) is 0 Å². The van der Waals surface area contributed by atoms with Gasteiger partial charge in [-0.3, -0.25) is 9.59 Å². The van der Waals surface area contributed by atoms with Gasteiger partial charge in [0.2, 0.25) is 5.91 Å². The Morgan fingerprint density at radius 3 is 2.37 bits per heavy atom. The monoisotopic (exact) mass is 434 g/mol. The maximum absolute atomic E-state index is 14.0. The standard InChI is InChI=1S/C21H24BrFN2O2/c1-13(2)19(24-20(26)15-7-5-14(3)6-8-15)21(27)25(4)12-16-11-17(22)9-10-18(16)23/h5-11,13,19H,12H2,1-4H3,(H,24,26). The molecular formula is C21H24BrFN2O2. The summed E-state index contributed by atoms with van der Waals surface area (Å²) in [7, 11) is 1.61. The second kappa shape index (κ2) is 9.13. The fraction of sp³-hybridized carbons (Fsp3) is 0.333. The summed E-state index contributed by atoms with van der Waals surface area (Å²) in [6.45, 7) is 5.79. The fourth-order valence-electron chi connectivity index (χ4n) is 2.68. The number of hydrogen-bond acceptors (Lipinski definition) is 2. The molecule has 0 aliphatic rings. The van der Waals surface area contributed by atoms with Gasteiger partial charge in [0, 0.05) is 29.2 Å². The lowest BCUT2D eigenvalue weighted by molar-refractivity contribution is -0.133. The van der Waals surface area contributed by atoms with Crippen LogP contribution in [0.4, 0.5) is 4.39 Å². The van der Waals surface area contributed by atoms with Crippen LogP contribution in [0.2, 0.25) is 0 Å². The van der Waals surface area contributed by atoms with Gasteiger partial charge in [-0.05, 0) is 43.2 Å². The highest BCUT2D eigenvalue weighted by atomic mass is 79.9. The Morgan fingerprint density at radius 2 is 1.78 bits per heavy atom. The summed E-state index contributed by atoms with van der Waals surface area (Å²) in [4.78, 5) is 26.8. The maximum Gasteiger partial charge on any atom is 0.251 e. The molecule has 0 radical (unpaired) electrons. The molecule has 0 aliphatic carbocycles. The van der Waals surface area contributed by atoms with Gasteiger partial charge in [-0.25, -0.2) is 4.39 Å². The summed E-state index contributed by atoms with van der Waals surface area (Å²) in [5.74, 6) is -1.04. The van der Waals surface area contributed by atoms with Gasteiger partial charge in [0.05, 0.1) is 0 Å². The summed E-state index contributed by atoms with van der Waals surface area (Å²) >= 11 is 3.31. The topological polar surface area (TPSA) is 49.4 Å². The molecule has 0 bridgehead atoms. The van der Waals surface area contributed by atoms with E-state index < -0.39 is 6.04 Å². The van der Waals surface area contributed by atoms with E-state index in [4.69, 9.17) is 0 Å². The number of nitrogens with one attached hydrogen (secondary N) is 1. The Kier molecular flexibility index (Phi) is 7.13. The van der Waals surface area contributed by atoms with E-state index in [9.17, 15) is 14.0 Å². The molecule has 144 valence electrons. The van der Waals surface area contributed by atoms with Crippen molar-refractivity contribution >= 4 is 27.7 Å². The first-order chi connectivity index (χ1) is 12.7. The molecule has 1 unspecified atom stereocenters. The number of carbonyl (C=O) groups is 2. The third-order valence-electron chi connectivity index (χ3n) is 4.32. The molecule has 0 aromatic heterocycles. The molecule has 2 rings (SSSR count). The smallest absolute Gasteiger partial charge is 0.251 e. The number of hydrogen-bond donors (Lipinski definition) is 1. The van der Waals surface area contributed by atoms with Crippen LogP contribution in [0, 0.1) is 18.7 Å². The van der Waals surface area contributed by atoms with Gasteiger partial charge < -0.3 is 10.2 Å². The molecule has 27 heavy (non-hydrogen) atoms. The zero-order valence-corrected chi connectivity index (χ0v) is 17.5. The number of benzene rings is 2. The Balaban J connectivity index is 2.12. The number of carbonyl (C=O) groups excluding carboxylic acids is 2. The number of rotatable bonds is 6. The van der Waals surface area contributed by atoms with Crippen LogP contribution in [-0.4, -0.2) is 29.8 Å². The number of amides is 2. The minimum atomic E-state index is -0.695. The molecule has 0 fully saturated rings. The van der Waals surface area contributed by atoms with E-state index in [2.05, 4.69) is 21.2 Å². The van der Waals surface area contributed by atoms with Gasteiger partial charge in [-0.15, -0.1) is 0 Å². The first-order valence-corrected chi connectivity index (χ1v) is 9.54. The molecule has 0 spiro atoms. The van der Waals surface area contributed by atoms with Crippen molar-refractivity contribution in [2.45, 2.75) is 33.4 Å². The van der Waals surface area contributed by atoms with E-state index in [1.165, 1.54) is 11.0 Å². The Bertz CT molecular complexity index is 821. The zero-order valence-electron chi connectivity index (χ0n) is 15.9. The molecule has 0 heterocycles. The van der Waals surface area contributed by atoms with Crippen LogP contribution >= 0.6 is 15.9 Å². The zero-order chi connectivity index (χ0) is 20.1. The molecule has 1 N–H and O–H groups in total. The van der Waals surface area contributed by atoms with E-state index in [0.29, 0.717) is 11.1 Å². The number of halogens is 2. The summed E-state index contributed by atoms with van der Waals surface area (Å²) < 4.78 is 14.7. The van der Waals surface area contributed by atoms with Crippen molar-refractivity contribution in [3.05, 3.63) is 69.4 Å².